The van der Waals surface area contributed by atoms with Crippen LogP contribution in [0.1, 0.15) is 87.8 Å². The average Bonchev–Trinajstić information content (AvgIpc) is 2.93. The van der Waals surface area contributed by atoms with E-state index in [-0.39, 0.29) is 29.4 Å². The predicted octanol–water partition coefficient (Wildman–Crippen LogP) is 10.3. The Labute approximate surface area is 223 Å². The van der Waals surface area contributed by atoms with E-state index in [0.29, 0.717) is 17.0 Å². The molecule has 1 fully saturated rings. The van der Waals surface area contributed by atoms with Crippen LogP contribution in [0.25, 0.3) is 23.3 Å². The molecule has 0 spiro atoms. The summed E-state index contributed by atoms with van der Waals surface area (Å²) in [5.41, 5.74) is 2.03. The third-order valence-electron chi connectivity index (χ3n) is 7.67. The van der Waals surface area contributed by atoms with Gasteiger partial charge in [-0.3, -0.25) is 0 Å². The minimum absolute atomic E-state index is 0.0744. The summed E-state index contributed by atoms with van der Waals surface area (Å²) < 4.78 is 63.8. The molecule has 5 heteroatoms. The summed E-state index contributed by atoms with van der Waals surface area (Å²) in [4.78, 5) is 0. The molecule has 0 saturated heterocycles. The van der Waals surface area contributed by atoms with Crippen LogP contribution < -0.4 is 4.74 Å². The van der Waals surface area contributed by atoms with Gasteiger partial charge in [0, 0.05) is 11.1 Å². The molecule has 202 valence electrons. The molecule has 0 unspecified atom stereocenters. The Balaban J connectivity index is 1.42. The van der Waals surface area contributed by atoms with Gasteiger partial charge in [0.15, 0.2) is 23.2 Å². The maximum atomic E-state index is 15.0. The summed E-state index contributed by atoms with van der Waals surface area (Å²) in [6.07, 6.45) is 12.2. The molecule has 0 N–H and O–H groups in total. The zero-order chi connectivity index (χ0) is 27.1. The van der Waals surface area contributed by atoms with Crippen LogP contribution in [0, 0.1) is 29.2 Å². The fourth-order valence-electron chi connectivity index (χ4n) is 5.45. The fraction of sp³-hybridized carbons (Fsp3) is 0.394. The highest BCUT2D eigenvalue weighted by molar-refractivity contribution is 5.73. The molecular weight excluding hydrogens is 488 g/mol. The molecule has 0 atom stereocenters. The first-order valence-electron chi connectivity index (χ1n) is 13.8. The van der Waals surface area contributed by atoms with Crippen LogP contribution >= 0.6 is 0 Å². The van der Waals surface area contributed by atoms with E-state index in [1.165, 1.54) is 37.8 Å². The van der Waals surface area contributed by atoms with Gasteiger partial charge in [-0.05, 0) is 73.3 Å². The lowest BCUT2D eigenvalue weighted by atomic mass is 9.76. The Bertz CT molecular complexity index is 1240. The highest BCUT2D eigenvalue weighted by Crippen LogP contribution is 2.39. The second kappa shape index (κ2) is 13.1. The summed E-state index contributed by atoms with van der Waals surface area (Å²) in [5, 5.41) is 0. The maximum absolute atomic E-state index is 15.0. The third-order valence-corrected chi connectivity index (χ3v) is 7.67. The van der Waals surface area contributed by atoms with Crippen molar-refractivity contribution in [3.05, 3.63) is 88.5 Å². The number of unbranched alkanes of at least 4 members (excludes halogenated alkanes) is 2. The smallest absolute Gasteiger partial charge is 0.201 e. The van der Waals surface area contributed by atoms with Gasteiger partial charge in [0.05, 0.1) is 6.61 Å². The Kier molecular flexibility index (Phi) is 9.65. The minimum Gasteiger partial charge on any atom is -0.491 e. The van der Waals surface area contributed by atoms with Gasteiger partial charge in [0.2, 0.25) is 5.82 Å². The molecule has 0 amide bonds. The van der Waals surface area contributed by atoms with E-state index in [0.717, 1.165) is 31.2 Å². The SMILES string of the molecule is CCCCCC1CCC(c2ccc(C=Cc3ccc(-c4ccc(OCC)c(F)c4F)cc3)c(F)c2F)CC1. The molecule has 0 radical (unpaired) electrons. The Morgan fingerprint density at radius 2 is 1.47 bits per heavy atom. The summed E-state index contributed by atoms with van der Waals surface area (Å²) in [6.45, 7) is 4.15. The topological polar surface area (TPSA) is 9.23 Å². The van der Waals surface area contributed by atoms with Crippen LogP contribution in [-0.4, -0.2) is 6.61 Å². The molecule has 38 heavy (non-hydrogen) atoms. The number of ether oxygens (including phenoxy) is 1. The summed E-state index contributed by atoms with van der Waals surface area (Å²) in [5.74, 6) is -2.90. The second-order valence-corrected chi connectivity index (χ2v) is 10.2. The van der Waals surface area contributed by atoms with Crippen molar-refractivity contribution in [2.45, 2.75) is 71.1 Å². The lowest BCUT2D eigenvalue weighted by Gasteiger charge is -2.29. The molecule has 0 bridgehead atoms. The van der Waals surface area contributed by atoms with Gasteiger partial charge in [-0.15, -0.1) is 0 Å². The first-order chi connectivity index (χ1) is 18.4. The lowest BCUT2D eigenvalue weighted by molar-refractivity contribution is 0.298. The van der Waals surface area contributed by atoms with Crippen molar-refractivity contribution in [3.63, 3.8) is 0 Å². The van der Waals surface area contributed by atoms with Crippen LogP contribution in [-0.2, 0) is 0 Å². The van der Waals surface area contributed by atoms with E-state index in [1.807, 2.05) is 0 Å². The summed E-state index contributed by atoms with van der Waals surface area (Å²) >= 11 is 0. The van der Waals surface area contributed by atoms with Crippen LogP contribution in [0.4, 0.5) is 17.6 Å². The highest BCUT2D eigenvalue weighted by Gasteiger charge is 2.26. The third kappa shape index (κ3) is 6.48. The number of hydrogen-bond donors (Lipinski definition) is 0. The standard InChI is InChI=1S/C33H36F4O/c1-3-5-6-7-22-8-13-24(14-9-22)27-19-18-26(30(34)31(27)35)17-12-23-10-15-25(16-11-23)28-20-21-29(38-4-2)33(37)32(28)36/h10-12,15-22,24H,3-9,13-14H2,1-2H3. The van der Waals surface area contributed by atoms with Crippen molar-refractivity contribution in [3.8, 4) is 16.9 Å². The fourth-order valence-corrected chi connectivity index (χ4v) is 5.45. The van der Waals surface area contributed by atoms with E-state index >= 15 is 4.39 Å². The largest absolute Gasteiger partial charge is 0.491 e. The van der Waals surface area contributed by atoms with Crippen molar-refractivity contribution in [1.29, 1.82) is 0 Å². The molecule has 0 aliphatic heterocycles. The molecule has 1 aliphatic carbocycles. The van der Waals surface area contributed by atoms with Gasteiger partial charge < -0.3 is 4.74 Å². The van der Waals surface area contributed by atoms with Gasteiger partial charge in [-0.1, -0.05) is 81.2 Å². The molecule has 1 saturated carbocycles. The van der Waals surface area contributed by atoms with Crippen molar-refractivity contribution >= 4 is 12.2 Å². The van der Waals surface area contributed by atoms with Crippen LogP contribution in [0.2, 0.25) is 0 Å². The van der Waals surface area contributed by atoms with Crippen molar-refractivity contribution in [2.75, 3.05) is 6.61 Å². The van der Waals surface area contributed by atoms with Crippen LogP contribution in [0.5, 0.6) is 5.75 Å². The van der Waals surface area contributed by atoms with Gasteiger partial charge in [0.1, 0.15) is 0 Å². The molecule has 3 aromatic carbocycles. The molecule has 4 rings (SSSR count). The summed E-state index contributed by atoms with van der Waals surface area (Å²) in [6, 6.07) is 13.0. The molecular formula is C33H36F4O. The van der Waals surface area contributed by atoms with E-state index in [4.69, 9.17) is 4.74 Å². The van der Waals surface area contributed by atoms with E-state index in [1.54, 1.807) is 55.5 Å². The first kappa shape index (κ1) is 27.9. The predicted molar refractivity (Wildman–Crippen MR) is 147 cm³/mol. The normalized spacial score (nSPS) is 17.7. The molecule has 3 aromatic rings. The number of rotatable bonds is 10. The van der Waals surface area contributed by atoms with Crippen molar-refractivity contribution in [2.24, 2.45) is 5.92 Å². The van der Waals surface area contributed by atoms with Crippen LogP contribution in [0.3, 0.4) is 0 Å². The number of benzene rings is 3. The van der Waals surface area contributed by atoms with Gasteiger partial charge in [0.25, 0.3) is 0 Å². The number of halogens is 4. The molecule has 0 heterocycles. The number of hydrogen-bond acceptors (Lipinski definition) is 1. The zero-order valence-electron chi connectivity index (χ0n) is 22.2. The maximum Gasteiger partial charge on any atom is 0.201 e. The summed E-state index contributed by atoms with van der Waals surface area (Å²) in [7, 11) is 0. The molecule has 1 aliphatic rings. The minimum atomic E-state index is -1.02. The Morgan fingerprint density at radius 1 is 0.737 bits per heavy atom. The van der Waals surface area contributed by atoms with E-state index in [2.05, 4.69) is 6.92 Å². The van der Waals surface area contributed by atoms with Crippen molar-refractivity contribution < 1.29 is 22.3 Å². The van der Waals surface area contributed by atoms with Crippen molar-refractivity contribution in [1.82, 2.24) is 0 Å². The second-order valence-electron chi connectivity index (χ2n) is 10.2. The van der Waals surface area contributed by atoms with E-state index < -0.39 is 23.3 Å². The molecule has 1 nitrogen and oxygen atoms in total. The van der Waals surface area contributed by atoms with Gasteiger partial charge >= 0.3 is 0 Å². The quantitative estimate of drug-likeness (QED) is 0.146. The van der Waals surface area contributed by atoms with Gasteiger partial charge in [-0.25, -0.2) is 13.2 Å². The first-order valence-corrected chi connectivity index (χ1v) is 13.8. The Hall–Kier alpha value is -3.08. The molecule has 0 aromatic heterocycles. The van der Waals surface area contributed by atoms with Crippen LogP contribution in [0.15, 0.2) is 48.5 Å². The lowest BCUT2D eigenvalue weighted by Crippen LogP contribution is -2.15. The monoisotopic (exact) mass is 524 g/mol. The van der Waals surface area contributed by atoms with E-state index in [9.17, 15) is 13.2 Å². The Morgan fingerprint density at radius 3 is 2.16 bits per heavy atom. The van der Waals surface area contributed by atoms with Gasteiger partial charge in [-0.2, -0.15) is 4.39 Å². The zero-order valence-corrected chi connectivity index (χ0v) is 22.2. The highest BCUT2D eigenvalue weighted by atomic mass is 19.2. The average molecular weight is 525 g/mol.